The molecule has 0 spiro atoms. The number of Topliss-reactive ketones (excluding diaryl/α,β-unsaturated/α-hetero) is 1. The Morgan fingerprint density at radius 1 is 0.857 bits per heavy atom. The number of hydrogen-bond acceptors (Lipinski definition) is 1. The maximum atomic E-state index is 12.5. The molecule has 0 aromatic carbocycles. The van der Waals surface area contributed by atoms with Crippen molar-refractivity contribution in [2.75, 3.05) is 0 Å². The SMILES string of the molecule is O=C1C(F)(F)C(F)(F)C(F)(F)C1(Cl)Cl. The summed E-state index contributed by atoms with van der Waals surface area (Å²) in [6.45, 7) is 0. The van der Waals surface area contributed by atoms with Crippen LogP contribution in [0.1, 0.15) is 0 Å². The Hall–Kier alpha value is -0.170. The molecule has 14 heavy (non-hydrogen) atoms. The molecule has 0 aromatic rings. The Balaban J connectivity index is 3.46. The third-order valence-electron chi connectivity index (χ3n) is 1.75. The zero-order valence-corrected chi connectivity index (χ0v) is 7.44. The Bertz CT molecular complexity index is 271. The molecule has 1 saturated carbocycles. The fourth-order valence-electron chi connectivity index (χ4n) is 0.877. The van der Waals surface area contributed by atoms with Crippen LogP contribution < -0.4 is 0 Å². The highest BCUT2D eigenvalue weighted by molar-refractivity contribution is 6.60. The van der Waals surface area contributed by atoms with Crippen molar-refractivity contribution in [3.63, 3.8) is 0 Å². The maximum Gasteiger partial charge on any atom is 0.383 e. The van der Waals surface area contributed by atoms with Gasteiger partial charge in [-0.05, 0) is 0 Å². The molecule has 0 heterocycles. The first-order valence-corrected chi connectivity index (χ1v) is 3.72. The maximum absolute atomic E-state index is 12.5. The van der Waals surface area contributed by atoms with Crippen LogP contribution >= 0.6 is 23.2 Å². The van der Waals surface area contributed by atoms with Crippen molar-refractivity contribution in [3.8, 4) is 0 Å². The molecule has 1 fully saturated rings. The van der Waals surface area contributed by atoms with Crippen LogP contribution in [0.5, 0.6) is 0 Å². The lowest BCUT2D eigenvalue weighted by molar-refractivity contribution is -0.267. The van der Waals surface area contributed by atoms with E-state index in [1.54, 1.807) is 0 Å². The van der Waals surface area contributed by atoms with Gasteiger partial charge in [0, 0.05) is 0 Å². The van der Waals surface area contributed by atoms with Crippen LogP contribution in [-0.2, 0) is 4.79 Å². The Labute approximate surface area is 83.0 Å². The molecule has 0 N–H and O–H groups in total. The second kappa shape index (κ2) is 2.49. The zero-order chi connectivity index (χ0) is 11.6. The van der Waals surface area contributed by atoms with Crippen molar-refractivity contribution in [1.82, 2.24) is 0 Å². The van der Waals surface area contributed by atoms with E-state index >= 15 is 0 Å². The summed E-state index contributed by atoms with van der Waals surface area (Å²) in [5.74, 6) is -19.9. The van der Waals surface area contributed by atoms with E-state index in [0.29, 0.717) is 0 Å². The second-order valence-electron chi connectivity index (χ2n) is 2.63. The zero-order valence-electron chi connectivity index (χ0n) is 5.93. The summed E-state index contributed by atoms with van der Waals surface area (Å²) in [5.41, 5.74) is 0. The predicted octanol–water partition coefficient (Wildman–Crippen LogP) is 2.65. The van der Waals surface area contributed by atoms with E-state index in [-0.39, 0.29) is 0 Å². The van der Waals surface area contributed by atoms with Gasteiger partial charge in [-0.15, -0.1) is 0 Å². The minimum atomic E-state index is -5.89. The van der Waals surface area contributed by atoms with Crippen molar-refractivity contribution in [2.45, 2.75) is 22.1 Å². The highest BCUT2D eigenvalue weighted by Crippen LogP contribution is 2.62. The number of carbonyl (C=O) groups excluding carboxylic acids is 1. The van der Waals surface area contributed by atoms with E-state index in [0.717, 1.165) is 0 Å². The molecule has 0 atom stereocenters. The van der Waals surface area contributed by atoms with E-state index in [4.69, 9.17) is 0 Å². The summed E-state index contributed by atoms with van der Waals surface area (Å²) in [7, 11) is 0. The van der Waals surface area contributed by atoms with Gasteiger partial charge in [0.2, 0.25) is 0 Å². The van der Waals surface area contributed by atoms with Gasteiger partial charge in [-0.3, -0.25) is 4.79 Å². The Kier molecular flexibility index (Phi) is 2.12. The normalized spacial score (nSPS) is 31.9. The summed E-state index contributed by atoms with van der Waals surface area (Å²) in [4.78, 5) is 10.4. The van der Waals surface area contributed by atoms with Crippen molar-refractivity contribution in [3.05, 3.63) is 0 Å². The minimum Gasteiger partial charge on any atom is -0.289 e. The summed E-state index contributed by atoms with van der Waals surface area (Å²) in [5, 5.41) is 0. The first-order valence-electron chi connectivity index (χ1n) is 2.97. The first-order chi connectivity index (χ1) is 5.90. The number of ketones is 1. The molecule has 1 aliphatic carbocycles. The predicted molar refractivity (Wildman–Crippen MR) is 34.3 cm³/mol. The number of carbonyl (C=O) groups is 1. The summed E-state index contributed by atoms with van der Waals surface area (Å²) in [6.07, 6.45) is 0. The van der Waals surface area contributed by atoms with Gasteiger partial charge in [-0.2, -0.15) is 26.3 Å². The highest BCUT2D eigenvalue weighted by Gasteiger charge is 2.91. The molecule has 0 bridgehead atoms. The van der Waals surface area contributed by atoms with Crippen molar-refractivity contribution in [1.29, 1.82) is 0 Å². The average Bonchev–Trinajstić information content (AvgIpc) is 2.05. The number of hydrogen-bond donors (Lipinski definition) is 0. The lowest BCUT2D eigenvalue weighted by Gasteiger charge is -2.24. The van der Waals surface area contributed by atoms with Crippen LogP contribution in [0.2, 0.25) is 0 Å². The molecule has 9 heteroatoms. The largest absolute Gasteiger partial charge is 0.383 e. The molecule has 0 saturated heterocycles. The number of alkyl halides is 8. The van der Waals surface area contributed by atoms with Gasteiger partial charge in [-0.1, -0.05) is 23.2 Å². The molecule has 0 amide bonds. The van der Waals surface area contributed by atoms with Crippen LogP contribution in [0.3, 0.4) is 0 Å². The quantitative estimate of drug-likeness (QED) is 0.484. The third-order valence-corrected chi connectivity index (χ3v) is 2.57. The molecule has 0 radical (unpaired) electrons. The number of halogens is 8. The van der Waals surface area contributed by atoms with Crippen molar-refractivity contribution < 1.29 is 31.1 Å². The summed E-state index contributed by atoms with van der Waals surface area (Å²) in [6, 6.07) is 0. The van der Waals surface area contributed by atoms with Crippen LogP contribution in [-0.4, -0.2) is 27.9 Å². The first kappa shape index (κ1) is 11.9. The summed E-state index contributed by atoms with van der Waals surface area (Å²) >= 11 is 8.97. The van der Waals surface area contributed by atoms with Crippen LogP contribution in [0.4, 0.5) is 26.3 Å². The van der Waals surface area contributed by atoms with Crippen LogP contribution in [0, 0.1) is 0 Å². The number of rotatable bonds is 0. The van der Waals surface area contributed by atoms with Gasteiger partial charge < -0.3 is 0 Å². The standard InChI is InChI=1S/C5Cl2F6O/c6-2(7)1(14)3(8,9)5(12,13)4(2,10)11. The van der Waals surface area contributed by atoms with Gasteiger partial charge in [0.15, 0.2) is 0 Å². The fourth-order valence-corrected chi connectivity index (χ4v) is 1.35. The topological polar surface area (TPSA) is 17.1 Å². The van der Waals surface area contributed by atoms with Crippen molar-refractivity contribution >= 4 is 29.0 Å². The van der Waals surface area contributed by atoms with Crippen molar-refractivity contribution in [2.24, 2.45) is 0 Å². The van der Waals surface area contributed by atoms with Gasteiger partial charge in [0.1, 0.15) is 0 Å². The van der Waals surface area contributed by atoms with Crippen LogP contribution in [0.15, 0.2) is 0 Å². The average molecular weight is 261 g/mol. The molecule has 0 unspecified atom stereocenters. The van der Waals surface area contributed by atoms with Gasteiger partial charge in [-0.25, -0.2) is 0 Å². The van der Waals surface area contributed by atoms with E-state index in [1.807, 2.05) is 0 Å². The van der Waals surface area contributed by atoms with E-state index < -0.39 is 27.9 Å². The third kappa shape index (κ3) is 0.920. The molecule has 82 valence electrons. The van der Waals surface area contributed by atoms with E-state index in [2.05, 4.69) is 23.2 Å². The molecular formula is C5Cl2F6O. The lowest BCUT2D eigenvalue weighted by Crippen LogP contribution is -2.50. The summed E-state index contributed by atoms with van der Waals surface area (Å²) < 4.78 is 70.4. The highest BCUT2D eigenvalue weighted by atomic mass is 35.5. The monoisotopic (exact) mass is 260 g/mol. The molecule has 0 aromatic heterocycles. The Morgan fingerprint density at radius 2 is 1.21 bits per heavy atom. The second-order valence-corrected chi connectivity index (χ2v) is 3.95. The van der Waals surface area contributed by atoms with E-state index in [9.17, 15) is 31.1 Å². The molecule has 0 aliphatic heterocycles. The molecule has 1 nitrogen and oxygen atoms in total. The van der Waals surface area contributed by atoms with Gasteiger partial charge >= 0.3 is 17.8 Å². The van der Waals surface area contributed by atoms with Gasteiger partial charge in [0.05, 0.1) is 0 Å². The van der Waals surface area contributed by atoms with E-state index in [1.165, 1.54) is 0 Å². The smallest absolute Gasteiger partial charge is 0.289 e. The Morgan fingerprint density at radius 3 is 1.29 bits per heavy atom. The minimum absolute atomic E-state index is 2.90. The van der Waals surface area contributed by atoms with Gasteiger partial charge in [0.25, 0.3) is 10.1 Å². The fraction of sp³-hybridized carbons (Fsp3) is 0.800. The molecule has 1 rings (SSSR count). The molecular weight excluding hydrogens is 261 g/mol. The molecule has 1 aliphatic rings. The lowest BCUT2D eigenvalue weighted by atomic mass is 10.2. The van der Waals surface area contributed by atoms with Crippen LogP contribution in [0.25, 0.3) is 0 Å².